The molecule has 12 heteroatoms. The number of hydrogen-bond acceptors (Lipinski definition) is 9. The van der Waals surface area contributed by atoms with Crippen LogP contribution in [0, 0.1) is 12.3 Å². The van der Waals surface area contributed by atoms with E-state index in [-0.39, 0.29) is 11.4 Å². The minimum absolute atomic E-state index is 0.164. The number of aryl methyl sites for hydroxylation is 1. The van der Waals surface area contributed by atoms with Gasteiger partial charge in [-0.05, 0) is 50.3 Å². The summed E-state index contributed by atoms with van der Waals surface area (Å²) in [7, 11) is 2.01. The van der Waals surface area contributed by atoms with E-state index in [1.165, 1.54) is 0 Å². The van der Waals surface area contributed by atoms with Crippen molar-refractivity contribution in [2.75, 3.05) is 62.7 Å². The van der Waals surface area contributed by atoms with E-state index in [0.29, 0.717) is 30.7 Å². The van der Waals surface area contributed by atoms with Crippen LogP contribution in [-0.2, 0) is 4.79 Å². The average molecular weight is 627 g/mol. The highest BCUT2D eigenvalue weighted by atomic mass is 16.2. The molecule has 0 aliphatic carbocycles. The highest BCUT2D eigenvalue weighted by Gasteiger charge is 2.36. The topological polar surface area (TPSA) is 124 Å². The number of carbonyl (C=O) groups is 2. The molecule has 1 aromatic carbocycles. The summed E-state index contributed by atoms with van der Waals surface area (Å²) in [6, 6.07) is 14.1. The molecule has 2 fully saturated rings. The molecular formula is C34H46N10O2. The van der Waals surface area contributed by atoms with Gasteiger partial charge in [0.2, 0.25) is 12.1 Å². The Bertz CT molecular complexity index is 1560. The molecule has 46 heavy (non-hydrogen) atoms. The van der Waals surface area contributed by atoms with Gasteiger partial charge in [-0.3, -0.25) is 14.0 Å². The van der Waals surface area contributed by atoms with Crippen LogP contribution in [0.4, 0.5) is 11.5 Å². The van der Waals surface area contributed by atoms with E-state index in [4.69, 9.17) is 0 Å². The average Bonchev–Trinajstić information content (AvgIpc) is 3.69. The molecule has 0 spiro atoms. The summed E-state index contributed by atoms with van der Waals surface area (Å²) < 4.78 is 1.86. The number of rotatable bonds is 10. The Kier molecular flexibility index (Phi) is 10.5. The lowest BCUT2D eigenvalue weighted by Gasteiger charge is -2.43. The van der Waals surface area contributed by atoms with Crippen LogP contribution < -0.4 is 20.4 Å². The Morgan fingerprint density at radius 3 is 2.35 bits per heavy atom. The highest BCUT2D eigenvalue weighted by Crippen LogP contribution is 2.32. The van der Waals surface area contributed by atoms with Crippen LogP contribution in [0.2, 0.25) is 0 Å². The van der Waals surface area contributed by atoms with Gasteiger partial charge in [-0.15, -0.1) is 10.2 Å². The number of aromatic nitrogens is 5. The fourth-order valence-corrected chi connectivity index (χ4v) is 6.32. The van der Waals surface area contributed by atoms with E-state index in [0.717, 1.165) is 74.6 Å². The predicted octanol–water partition coefficient (Wildman–Crippen LogP) is 3.20. The molecule has 12 nitrogen and oxygen atoms in total. The smallest absolute Gasteiger partial charge is 0.270 e. The molecule has 0 radical (unpaired) electrons. The summed E-state index contributed by atoms with van der Waals surface area (Å²) in [4.78, 5) is 40.2. The van der Waals surface area contributed by atoms with Crippen molar-refractivity contribution in [2.45, 2.75) is 45.6 Å². The van der Waals surface area contributed by atoms with Crippen molar-refractivity contribution in [3.05, 3.63) is 78.6 Å². The van der Waals surface area contributed by atoms with Gasteiger partial charge >= 0.3 is 0 Å². The maximum absolute atomic E-state index is 12.9. The number of amides is 2. The third kappa shape index (κ3) is 8.16. The molecular weight excluding hydrogens is 580 g/mol. The number of pyridine rings is 1. The number of nitrogens with zero attached hydrogens (tertiary/aromatic N) is 8. The SMILES string of the molecule is Cc1cc(N2CCC(C)(C)C2)cnc1C(=O)NCCN(C)CC1(NC=O)CCN(c2nccn3cnnc23)CC1.c1ccccc1. The summed E-state index contributed by atoms with van der Waals surface area (Å²) in [5.74, 6) is 0.639. The number of nitrogens with one attached hydrogen (secondary N) is 2. The van der Waals surface area contributed by atoms with Crippen molar-refractivity contribution in [2.24, 2.45) is 5.41 Å². The Balaban J connectivity index is 0.000000624. The van der Waals surface area contributed by atoms with E-state index >= 15 is 0 Å². The van der Waals surface area contributed by atoms with Gasteiger partial charge in [0.05, 0.1) is 17.4 Å². The van der Waals surface area contributed by atoms with Crippen molar-refractivity contribution < 1.29 is 9.59 Å². The van der Waals surface area contributed by atoms with Gasteiger partial charge in [0.25, 0.3) is 5.91 Å². The summed E-state index contributed by atoms with van der Waals surface area (Å²) in [6.45, 7) is 11.8. The number of likely N-dealkylation sites (N-methyl/N-ethyl adjacent to an activating group) is 1. The zero-order chi connectivity index (χ0) is 32.6. The Labute approximate surface area is 271 Å². The number of fused-ring (bicyclic) bond motifs is 1. The zero-order valence-corrected chi connectivity index (χ0v) is 27.4. The van der Waals surface area contributed by atoms with Crippen LogP contribution in [-0.4, -0.2) is 100 Å². The molecule has 0 atom stereocenters. The number of carbonyl (C=O) groups excluding carboxylic acids is 2. The molecule has 0 saturated carbocycles. The van der Waals surface area contributed by atoms with Crippen molar-refractivity contribution in [1.29, 1.82) is 0 Å². The Hall–Kier alpha value is -4.58. The van der Waals surface area contributed by atoms with E-state index < -0.39 is 0 Å². The van der Waals surface area contributed by atoms with Gasteiger partial charge in [0.15, 0.2) is 5.82 Å². The molecule has 6 rings (SSSR count). The standard InChI is InChI=1S/C28H40N10O2.C6H6/c1-21-15-22(37-10-5-27(2,3)17-37)16-31-23(21)26(40)30-8-13-35(4)18-28(32-20-39)6-11-36(12-7-28)24-25-34-33-19-38(25)14-9-29-24;1-2-4-6-5-3-1/h9,14-16,19-20H,5-8,10-13,17-18H2,1-4H3,(H,30,40)(H,32,39);1-6H. The number of piperidine rings is 1. The molecule has 244 valence electrons. The second-order valence-electron chi connectivity index (χ2n) is 13.2. The molecule has 2 aliphatic rings. The lowest BCUT2D eigenvalue weighted by molar-refractivity contribution is -0.111. The van der Waals surface area contributed by atoms with Gasteiger partial charge in [-0.25, -0.2) is 9.97 Å². The first-order valence-corrected chi connectivity index (χ1v) is 16.0. The minimum atomic E-state index is -0.353. The van der Waals surface area contributed by atoms with Crippen molar-refractivity contribution in [3.63, 3.8) is 0 Å². The van der Waals surface area contributed by atoms with Crippen LogP contribution in [0.1, 0.15) is 49.2 Å². The van der Waals surface area contributed by atoms with Crippen LogP contribution in [0.15, 0.2) is 67.4 Å². The zero-order valence-electron chi connectivity index (χ0n) is 27.4. The van der Waals surface area contributed by atoms with Gasteiger partial charge < -0.3 is 25.3 Å². The summed E-state index contributed by atoms with van der Waals surface area (Å²) in [5.41, 5.74) is 3.10. The lowest BCUT2D eigenvalue weighted by Crippen LogP contribution is -2.59. The quantitative estimate of drug-likeness (QED) is 0.256. The fraction of sp³-hybridized carbons (Fsp3) is 0.471. The first-order valence-electron chi connectivity index (χ1n) is 16.0. The van der Waals surface area contributed by atoms with E-state index in [9.17, 15) is 9.59 Å². The van der Waals surface area contributed by atoms with Crippen LogP contribution in [0.5, 0.6) is 0 Å². The van der Waals surface area contributed by atoms with E-state index in [1.807, 2.05) is 67.2 Å². The third-order valence-corrected chi connectivity index (χ3v) is 8.92. The Morgan fingerprint density at radius 1 is 1.02 bits per heavy atom. The maximum Gasteiger partial charge on any atom is 0.270 e. The maximum atomic E-state index is 12.9. The summed E-state index contributed by atoms with van der Waals surface area (Å²) >= 11 is 0. The van der Waals surface area contributed by atoms with Gasteiger partial charge in [-0.2, -0.15) is 0 Å². The molecule has 2 aliphatic heterocycles. The van der Waals surface area contributed by atoms with Crippen molar-refractivity contribution in [3.8, 4) is 0 Å². The van der Waals surface area contributed by atoms with Crippen molar-refractivity contribution >= 4 is 29.5 Å². The minimum Gasteiger partial charge on any atom is -0.370 e. The summed E-state index contributed by atoms with van der Waals surface area (Å²) in [6.07, 6.45) is 10.5. The Morgan fingerprint density at radius 2 is 1.72 bits per heavy atom. The molecule has 2 saturated heterocycles. The third-order valence-electron chi connectivity index (χ3n) is 8.92. The molecule has 5 heterocycles. The molecule has 4 aromatic rings. The van der Waals surface area contributed by atoms with Gasteiger partial charge in [0.1, 0.15) is 12.0 Å². The molecule has 2 N–H and O–H groups in total. The highest BCUT2D eigenvalue weighted by molar-refractivity contribution is 5.93. The van der Waals surface area contributed by atoms with E-state index in [2.05, 4.69) is 65.4 Å². The van der Waals surface area contributed by atoms with E-state index in [1.54, 1.807) is 12.5 Å². The molecule has 3 aromatic heterocycles. The molecule has 2 amide bonds. The number of anilines is 2. The van der Waals surface area contributed by atoms with Crippen LogP contribution in [0.25, 0.3) is 5.65 Å². The largest absolute Gasteiger partial charge is 0.370 e. The number of hydrogen-bond donors (Lipinski definition) is 2. The summed E-state index contributed by atoms with van der Waals surface area (Å²) in [5, 5.41) is 14.3. The van der Waals surface area contributed by atoms with Crippen LogP contribution in [0.3, 0.4) is 0 Å². The van der Waals surface area contributed by atoms with Crippen molar-refractivity contribution in [1.82, 2.24) is 40.1 Å². The molecule has 0 unspecified atom stereocenters. The normalized spacial score (nSPS) is 17.0. The fourth-order valence-electron chi connectivity index (χ4n) is 6.32. The second kappa shape index (κ2) is 14.7. The van der Waals surface area contributed by atoms with Gasteiger partial charge in [-0.1, -0.05) is 50.2 Å². The van der Waals surface area contributed by atoms with Gasteiger partial charge in [0, 0.05) is 58.2 Å². The number of benzene rings is 1. The van der Waals surface area contributed by atoms with Crippen LogP contribution >= 0.6 is 0 Å². The lowest BCUT2D eigenvalue weighted by atomic mass is 9.87. The first-order chi connectivity index (χ1) is 22.2. The first kappa shape index (κ1) is 32.8. The predicted molar refractivity (Wildman–Crippen MR) is 180 cm³/mol. The second-order valence-corrected chi connectivity index (χ2v) is 13.2. The molecule has 0 bridgehead atoms. The monoisotopic (exact) mass is 626 g/mol.